The molecule has 5 aromatic rings. The quantitative estimate of drug-likeness (QED) is 0.290. The van der Waals surface area contributed by atoms with Gasteiger partial charge in [-0.1, -0.05) is 25.3 Å². The monoisotopic (exact) mass is 508 g/mol. The molecule has 9 heteroatoms. The van der Waals surface area contributed by atoms with Crippen LogP contribution < -0.4 is 15.9 Å². The van der Waals surface area contributed by atoms with E-state index in [0.717, 1.165) is 61.2 Å². The van der Waals surface area contributed by atoms with Gasteiger partial charge in [-0.25, -0.2) is 4.98 Å². The first-order chi connectivity index (χ1) is 17.9. The zero-order chi connectivity index (χ0) is 25.9. The lowest BCUT2D eigenvalue weighted by Crippen LogP contribution is -2.23. The Kier molecular flexibility index (Phi) is 6.80. The minimum absolute atomic E-state index is 0.665. The van der Waals surface area contributed by atoms with E-state index in [0.29, 0.717) is 11.5 Å². The van der Waals surface area contributed by atoms with Gasteiger partial charge in [0.2, 0.25) is 0 Å². The fraction of sp³-hybridized carbons (Fsp3) is 0.143. The van der Waals surface area contributed by atoms with Gasteiger partial charge in [-0.05, 0) is 56.2 Å². The SMILES string of the molecule is C=C(CN(C)C)Nc1cncc(C(=C)/C=c2/c(-c3nc4c(-c5cccs5)nccc4[nH]3)n[nH]/c2=C/C)c1. The summed E-state index contributed by atoms with van der Waals surface area (Å²) < 4.78 is 0. The first-order valence-electron chi connectivity index (χ1n) is 11.8. The number of imidazole rings is 1. The van der Waals surface area contributed by atoms with Gasteiger partial charge >= 0.3 is 0 Å². The van der Waals surface area contributed by atoms with Crippen molar-refractivity contribution in [2.75, 3.05) is 26.0 Å². The highest BCUT2D eigenvalue weighted by Crippen LogP contribution is 2.29. The topological polar surface area (TPSA) is 98.4 Å². The average molecular weight is 509 g/mol. The van der Waals surface area contributed by atoms with E-state index >= 15 is 0 Å². The molecule has 8 nitrogen and oxygen atoms in total. The number of H-pyrrole nitrogens is 2. The van der Waals surface area contributed by atoms with E-state index in [1.165, 1.54) is 0 Å². The summed E-state index contributed by atoms with van der Waals surface area (Å²) in [6, 6.07) is 8.01. The van der Waals surface area contributed by atoms with Crippen LogP contribution in [0.3, 0.4) is 0 Å². The van der Waals surface area contributed by atoms with Gasteiger partial charge in [0, 0.05) is 35.4 Å². The molecule has 0 aliphatic rings. The van der Waals surface area contributed by atoms with Gasteiger partial charge in [0.25, 0.3) is 0 Å². The first kappa shape index (κ1) is 24.4. The van der Waals surface area contributed by atoms with Crippen molar-refractivity contribution >= 4 is 45.8 Å². The molecule has 0 saturated carbocycles. The second-order valence-electron chi connectivity index (χ2n) is 8.90. The number of hydrogen-bond acceptors (Lipinski definition) is 7. The first-order valence-corrected chi connectivity index (χ1v) is 12.7. The minimum atomic E-state index is 0.665. The number of hydrogen-bond donors (Lipinski definition) is 3. The highest BCUT2D eigenvalue weighted by molar-refractivity contribution is 7.13. The van der Waals surface area contributed by atoms with Crippen LogP contribution in [0.25, 0.3) is 50.8 Å². The molecule has 0 saturated heterocycles. The van der Waals surface area contributed by atoms with Crippen LogP contribution in [-0.2, 0) is 0 Å². The lowest BCUT2D eigenvalue weighted by Gasteiger charge is -2.14. The zero-order valence-electron chi connectivity index (χ0n) is 21.0. The molecule has 0 amide bonds. The van der Waals surface area contributed by atoms with E-state index in [1.807, 2.05) is 56.8 Å². The predicted molar refractivity (Wildman–Crippen MR) is 153 cm³/mol. The molecule has 0 atom stereocenters. The third kappa shape index (κ3) is 5.13. The summed E-state index contributed by atoms with van der Waals surface area (Å²) in [5.41, 5.74) is 6.74. The number of pyridine rings is 2. The molecule has 0 aliphatic heterocycles. The Morgan fingerprint density at radius 1 is 1.19 bits per heavy atom. The van der Waals surface area contributed by atoms with Crippen LogP contribution in [0.5, 0.6) is 0 Å². The second-order valence-corrected chi connectivity index (χ2v) is 9.85. The minimum Gasteiger partial charge on any atom is -0.357 e. The van der Waals surface area contributed by atoms with E-state index in [1.54, 1.807) is 29.9 Å². The third-order valence-electron chi connectivity index (χ3n) is 5.76. The molecule has 0 aromatic carbocycles. The molecule has 5 aromatic heterocycles. The number of anilines is 1. The highest BCUT2D eigenvalue weighted by atomic mass is 32.1. The predicted octanol–water partition coefficient (Wildman–Crippen LogP) is 4.25. The number of aromatic amines is 2. The Labute approximate surface area is 218 Å². The van der Waals surface area contributed by atoms with Crippen molar-refractivity contribution in [3.8, 4) is 22.1 Å². The van der Waals surface area contributed by atoms with Gasteiger partial charge < -0.3 is 15.2 Å². The Morgan fingerprint density at radius 3 is 2.81 bits per heavy atom. The van der Waals surface area contributed by atoms with Crippen molar-refractivity contribution in [2.45, 2.75) is 6.92 Å². The van der Waals surface area contributed by atoms with E-state index in [9.17, 15) is 0 Å². The van der Waals surface area contributed by atoms with Crippen molar-refractivity contribution in [3.63, 3.8) is 0 Å². The van der Waals surface area contributed by atoms with E-state index in [2.05, 4.69) is 54.6 Å². The Balaban J connectivity index is 1.53. The number of rotatable bonds is 8. The van der Waals surface area contributed by atoms with Crippen LogP contribution >= 0.6 is 11.3 Å². The Hall–Kier alpha value is -4.34. The summed E-state index contributed by atoms with van der Waals surface area (Å²) in [7, 11) is 4.01. The van der Waals surface area contributed by atoms with Gasteiger partial charge in [-0.15, -0.1) is 11.3 Å². The number of likely N-dealkylation sites (N-methyl/N-ethyl adjacent to an activating group) is 1. The Bertz CT molecular complexity index is 1710. The van der Waals surface area contributed by atoms with Gasteiger partial charge in [-0.2, -0.15) is 5.10 Å². The second kappa shape index (κ2) is 10.3. The lowest BCUT2D eigenvalue weighted by atomic mass is 10.1. The zero-order valence-corrected chi connectivity index (χ0v) is 21.9. The highest BCUT2D eigenvalue weighted by Gasteiger charge is 2.15. The molecule has 5 heterocycles. The summed E-state index contributed by atoms with van der Waals surface area (Å²) in [6.07, 6.45) is 9.37. The molecule has 37 heavy (non-hydrogen) atoms. The normalized spacial score (nSPS) is 12.5. The smallest absolute Gasteiger partial charge is 0.159 e. The summed E-state index contributed by atoms with van der Waals surface area (Å²) >= 11 is 1.64. The number of aromatic nitrogens is 6. The maximum absolute atomic E-state index is 4.90. The van der Waals surface area contributed by atoms with Crippen LogP contribution in [0.2, 0.25) is 0 Å². The standard InChI is InChI=1S/C28H28N8S/c1-6-22-21(12-17(2)19-13-20(15-29-14-19)31-18(3)16-36(4)5)25(35-34-22)28-32-23-9-10-30-27(26(23)33-28)24-8-7-11-37-24/h6-15,31,34H,2-3,16H2,1,4-5H3,(H,32,33)/b21-12+,22-6+. The fourth-order valence-electron chi connectivity index (χ4n) is 4.12. The molecule has 5 rings (SSSR count). The van der Waals surface area contributed by atoms with Crippen molar-refractivity contribution in [3.05, 3.63) is 83.2 Å². The van der Waals surface area contributed by atoms with Gasteiger partial charge in [0.05, 0.1) is 27.6 Å². The van der Waals surface area contributed by atoms with Crippen LogP contribution in [0.1, 0.15) is 12.5 Å². The van der Waals surface area contributed by atoms with Crippen LogP contribution in [0.4, 0.5) is 5.69 Å². The van der Waals surface area contributed by atoms with Gasteiger partial charge in [0.15, 0.2) is 5.82 Å². The molecule has 0 unspecified atom stereocenters. The molecule has 186 valence electrons. The van der Waals surface area contributed by atoms with Crippen molar-refractivity contribution in [1.29, 1.82) is 0 Å². The summed E-state index contributed by atoms with van der Waals surface area (Å²) in [4.78, 5) is 20.4. The van der Waals surface area contributed by atoms with E-state index in [4.69, 9.17) is 4.98 Å². The van der Waals surface area contributed by atoms with Crippen LogP contribution in [0, 0.1) is 0 Å². The number of nitrogens with zero attached hydrogens (tertiary/aromatic N) is 5. The third-order valence-corrected chi connectivity index (χ3v) is 6.63. The van der Waals surface area contributed by atoms with Crippen LogP contribution in [0.15, 0.2) is 67.1 Å². The maximum Gasteiger partial charge on any atom is 0.159 e. The molecule has 3 N–H and O–H groups in total. The largest absolute Gasteiger partial charge is 0.357 e. The molecule has 0 spiro atoms. The van der Waals surface area contributed by atoms with Crippen LogP contribution in [-0.4, -0.2) is 55.7 Å². The van der Waals surface area contributed by atoms with E-state index in [-0.39, 0.29) is 0 Å². The van der Waals surface area contributed by atoms with Gasteiger partial charge in [0.1, 0.15) is 16.9 Å². The number of nitrogens with one attached hydrogen (secondary N) is 3. The molecular formula is C28H28N8S. The average Bonchev–Trinajstić information content (AvgIpc) is 3.62. The summed E-state index contributed by atoms with van der Waals surface area (Å²) in [5, 5.41) is 14.9. The summed E-state index contributed by atoms with van der Waals surface area (Å²) in [6.45, 7) is 11.1. The molecule has 0 radical (unpaired) electrons. The van der Waals surface area contributed by atoms with Crippen molar-refractivity contribution in [1.82, 2.24) is 35.0 Å². The fourth-order valence-corrected chi connectivity index (χ4v) is 4.84. The number of allylic oxidation sites excluding steroid dienone is 1. The number of fused-ring (bicyclic) bond motifs is 1. The van der Waals surface area contributed by atoms with E-state index < -0.39 is 0 Å². The summed E-state index contributed by atoms with van der Waals surface area (Å²) in [5.74, 6) is 0.665. The maximum atomic E-state index is 4.90. The number of thiophene rings is 1. The molecule has 0 fully saturated rings. The molecule has 0 bridgehead atoms. The van der Waals surface area contributed by atoms with Gasteiger partial charge in [-0.3, -0.25) is 15.1 Å². The Morgan fingerprint density at radius 2 is 2.05 bits per heavy atom. The molecular weight excluding hydrogens is 480 g/mol. The van der Waals surface area contributed by atoms with Crippen molar-refractivity contribution in [2.24, 2.45) is 0 Å². The van der Waals surface area contributed by atoms with Crippen molar-refractivity contribution < 1.29 is 0 Å². The molecule has 0 aliphatic carbocycles. The lowest BCUT2D eigenvalue weighted by molar-refractivity contribution is 0.447.